The van der Waals surface area contributed by atoms with Crippen LogP contribution < -0.4 is 5.73 Å². The lowest BCUT2D eigenvalue weighted by Gasteiger charge is -1.97. The molecule has 0 aliphatic heterocycles. The fourth-order valence-electron chi connectivity index (χ4n) is 1.18. The van der Waals surface area contributed by atoms with Gasteiger partial charge in [0.25, 0.3) is 0 Å². The number of nitrogen functional groups attached to an aromatic ring is 1. The highest BCUT2D eigenvalue weighted by Crippen LogP contribution is 2.27. The molecule has 0 saturated carbocycles. The lowest BCUT2D eigenvalue weighted by Crippen LogP contribution is -1.83. The van der Waals surface area contributed by atoms with Crippen LogP contribution in [0.1, 0.15) is 5.56 Å². The molecule has 12 heavy (non-hydrogen) atoms. The van der Waals surface area contributed by atoms with Crippen LogP contribution in [0.25, 0.3) is 10.9 Å². The maximum Gasteiger partial charge on any atom is 0.153 e. The Labute approximate surface area is 74.5 Å². The van der Waals surface area contributed by atoms with Crippen molar-refractivity contribution in [3.05, 3.63) is 22.7 Å². The summed E-state index contributed by atoms with van der Waals surface area (Å²) in [5, 5.41) is 8.23. The number of hydrogen-bond donors (Lipinski definition) is 2. The van der Waals surface area contributed by atoms with Crippen LogP contribution in [-0.4, -0.2) is 10.2 Å². The van der Waals surface area contributed by atoms with Crippen molar-refractivity contribution >= 4 is 28.3 Å². The van der Waals surface area contributed by atoms with Crippen molar-refractivity contribution in [1.29, 1.82) is 0 Å². The molecule has 0 aliphatic carbocycles. The third kappa shape index (κ3) is 0.865. The summed E-state index contributed by atoms with van der Waals surface area (Å²) < 4.78 is 0. The zero-order chi connectivity index (χ0) is 8.72. The Morgan fingerprint density at radius 2 is 2.25 bits per heavy atom. The summed E-state index contributed by atoms with van der Waals surface area (Å²) in [6.45, 7) is 1.94. The highest BCUT2D eigenvalue weighted by Gasteiger charge is 2.06. The number of rotatable bonds is 0. The van der Waals surface area contributed by atoms with E-state index in [1.54, 1.807) is 0 Å². The second kappa shape index (κ2) is 2.38. The van der Waals surface area contributed by atoms with E-state index in [4.69, 9.17) is 17.3 Å². The molecule has 2 aromatic rings. The molecule has 0 atom stereocenters. The first kappa shape index (κ1) is 7.43. The van der Waals surface area contributed by atoms with Gasteiger partial charge in [0.2, 0.25) is 0 Å². The SMILES string of the molecule is Cc1ccc2c(N)n[nH]c2c1Cl. The number of H-pyrrole nitrogens is 1. The quantitative estimate of drug-likeness (QED) is 0.654. The third-order valence-electron chi connectivity index (χ3n) is 1.90. The van der Waals surface area contributed by atoms with Gasteiger partial charge in [0.1, 0.15) is 0 Å². The van der Waals surface area contributed by atoms with Gasteiger partial charge in [0.05, 0.1) is 10.5 Å². The molecule has 0 saturated heterocycles. The summed E-state index contributed by atoms with van der Waals surface area (Å²) >= 11 is 6.01. The zero-order valence-corrected chi connectivity index (χ0v) is 7.31. The van der Waals surface area contributed by atoms with Gasteiger partial charge in [-0.3, -0.25) is 5.10 Å². The average molecular weight is 182 g/mol. The number of aryl methyl sites for hydroxylation is 1. The van der Waals surface area contributed by atoms with Crippen LogP contribution in [0.15, 0.2) is 12.1 Å². The van der Waals surface area contributed by atoms with Crippen molar-refractivity contribution in [1.82, 2.24) is 10.2 Å². The number of anilines is 1. The third-order valence-corrected chi connectivity index (χ3v) is 2.39. The standard InChI is InChI=1S/C8H8ClN3/c1-4-2-3-5-7(6(4)9)11-12-8(5)10/h2-3H,1H3,(H3,10,11,12). The molecule has 3 nitrogen and oxygen atoms in total. The minimum Gasteiger partial charge on any atom is -0.382 e. The zero-order valence-electron chi connectivity index (χ0n) is 6.56. The molecule has 1 aromatic heterocycles. The Morgan fingerprint density at radius 1 is 1.50 bits per heavy atom. The van der Waals surface area contributed by atoms with E-state index >= 15 is 0 Å². The first-order valence-corrected chi connectivity index (χ1v) is 3.96. The Hall–Kier alpha value is -1.22. The van der Waals surface area contributed by atoms with Crippen LogP contribution in [0.3, 0.4) is 0 Å². The second-order valence-electron chi connectivity index (χ2n) is 2.73. The summed E-state index contributed by atoms with van der Waals surface area (Å²) in [6, 6.07) is 3.84. The molecule has 0 radical (unpaired) electrons. The van der Waals surface area contributed by atoms with Gasteiger partial charge < -0.3 is 5.73 Å². The molecule has 62 valence electrons. The van der Waals surface area contributed by atoms with E-state index in [0.29, 0.717) is 10.8 Å². The number of nitrogens with two attached hydrogens (primary N) is 1. The van der Waals surface area contributed by atoms with Gasteiger partial charge >= 0.3 is 0 Å². The average Bonchev–Trinajstić information content (AvgIpc) is 2.41. The fourth-order valence-corrected chi connectivity index (χ4v) is 1.39. The minimum atomic E-state index is 0.493. The van der Waals surface area contributed by atoms with Crippen molar-refractivity contribution in [2.75, 3.05) is 5.73 Å². The first-order valence-electron chi connectivity index (χ1n) is 3.59. The number of aromatic amines is 1. The summed E-state index contributed by atoms with van der Waals surface area (Å²) in [5.41, 5.74) is 7.43. The Morgan fingerprint density at radius 3 is 3.00 bits per heavy atom. The van der Waals surface area contributed by atoms with Gasteiger partial charge in [0.15, 0.2) is 5.82 Å². The van der Waals surface area contributed by atoms with E-state index < -0.39 is 0 Å². The molecule has 0 aliphatic rings. The van der Waals surface area contributed by atoms with E-state index in [9.17, 15) is 0 Å². The lowest BCUT2D eigenvalue weighted by atomic mass is 10.2. The largest absolute Gasteiger partial charge is 0.382 e. The number of halogens is 1. The molecular weight excluding hydrogens is 174 g/mol. The number of benzene rings is 1. The number of aromatic nitrogens is 2. The molecule has 1 aromatic carbocycles. The molecule has 0 amide bonds. The van der Waals surface area contributed by atoms with Crippen LogP contribution >= 0.6 is 11.6 Å². The molecule has 2 rings (SSSR count). The van der Waals surface area contributed by atoms with Gasteiger partial charge in [-0.15, -0.1) is 0 Å². The summed E-state index contributed by atoms with van der Waals surface area (Å²) in [5.74, 6) is 0.493. The summed E-state index contributed by atoms with van der Waals surface area (Å²) in [7, 11) is 0. The van der Waals surface area contributed by atoms with Crippen LogP contribution in [0.5, 0.6) is 0 Å². The Kier molecular flexibility index (Phi) is 1.48. The molecule has 1 heterocycles. The van der Waals surface area contributed by atoms with Crippen LogP contribution in [0.4, 0.5) is 5.82 Å². The van der Waals surface area contributed by atoms with Crippen molar-refractivity contribution in [2.24, 2.45) is 0 Å². The van der Waals surface area contributed by atoms with Gasteiger partial charge in [-0.25, -0.2) is 0 Å². The molecule has 0 fully saturated rings. The smallest absolute Gasteiger partial charge is 0.153 e. The molecule has 0 spiro atoms. The Bertz CT molecular complexity index is 433. The number of nitrogens with zero attached hydrogens (tertiary/aromatic N) is 1. The first-order chi connectivity index (χ1) is 5.70. The number of fused-ring (bicyclic) bond motifs is 1. The van der Waals surface area contributed by atoms with Crippen molar-refractivity contribution in [2.45, 2.75) is 6.92 Å². The minimum absolute atomic E-state index is 0.493. The highest BCUT2D eigenvalue weighted by molar-refractivity contribution is 6.36. The number of nitrogens with one attached hydrogen (secondary N) is 1. The molecular formula is C8H8ClN3. The second-order valence-corrected chi connectivity index (χ2v) is 3.11. The van der Waals surface area contributed by atoms with E-state index in [1.165, 1.54) is 0 Å². The maximum absolute atomic E-state index is 6.01. The van der Waals surface area contributed by atoms with E-state index in [-0.39, 0.29) is 0 Å². The van der Waals surface area contributed by atoms with Crippen molar-refractivity contribution in [3.8, 4) is 0 Å². The van der Waals surface area contributed by atoms with Gasteiger partial charge in [-0.1, -0.05) is 17.7 Å². The van der Waals surface area contributed by atoms with E-state index in [1.807, 2.05) is 19.1 Å². The van der Waals surface area contributed by atoms with E-state index in [2.05, 4.69) is 10.2 Å². The summed E-state index contributed by atoms with van der Waals surface area (Å²) in [4.78, 5) is 0. The van der Waals surface area contributed by atoms with Crippen LogP contribution in [-0.2, 0) is 0 Å². The van der Waals surface area contributed by atoms with Crippen molar-refractivity contribution < 1.29 is 0 Å². The topological polar surface area (TPSA) is 54.7 Å². The molecule has 0 bridgehead atoms. The van der Waals surface area contributed by atoms with E-state index in [0.717, 1.165) is 16.5 Å². The monoisotopic (exact) mass is 181 g/mol. The fraction of sp³-hybridized carbons (Fsp3) is 0.125. The number of hydrogen-bond acceptors (Lipinski definition) is 2. The lowest BCUT2D eigenvalue weighted by molar-refractivity contribution is 1.13. The Balaban J connectivity index is 2.93. The van der Waals surface area contributed by atoms with Crippen LogP contribution in [0.2, 0.25) is 5.02 Å². The predicted molar refractivity (Wildman–Crippen MR) is 50.3 cm³/mol. The highest BCUT2D eigenvalue weighted by atomic mass is 35.5. The van der Waals surface area contributed by atoms with Gasteiger partial charge in [-0.2, -0.15) is 5.10 Å². The summed E-state index contributed by atoms with van der Waals surface area (Å²) in [6.07, 6.45) is 0. The molecule has 0 unspecified atom stereocenters. The van der Waals surface area contributed by atoms with Gasteiger partial charge in [0, 0.05) is 5.39 Å². The molecule has 3 N–H and O–H groups in total. The van der Waals surface area contributed by atoms with Crippen molar-refractivity contribution in [3.63, 3.8) is 0 Å². The molecule has 4 heteroatoms. The normalized spacial score (nSPS) is 10.8. The van der Waals surface area contributed by atoms with Crippen LogP contribution in [0, 0.1) is 6.92 Å². The van der Waals surface area contributed by atoms with Gasteiger partial charge in [-0.05, 0) is 18.6 Å². The predicted octanol–water partition coefficient (Wildman–Crippen LogP) is 2.11. The maximum atomic E-state index is 6.01.